The van der Waals surface area contributed by atoms with Gasteiger partial charge in [0.2, 0.25) is 5.91 Å². The second-order valence-electron chi connectivity index (χ2n) is 6.58. The molecular formula is C18H21F3N2O3. The van der Waals surface area contributed by atoms with E-state index in [0.29, 0.717) is 38.3 Å². The highest BCUT2D eigenvalue weighted by Crippen LogP contribution is 2.29. The van der Waals surface area contributed by atoms with Crippen LogP contribution in [0.4, 0.5) is 13.2 Å². The van der Waals surface area contributed by atoms with Crippen molar-refractivity contribution in [2.45, 2.75) is 31.5 Å². The monoisotopic (exact) mass is 370 g/mol. The zero-order valence-corrected chi connectivity index (χ0v) is 14.3. The van der Waals surface area contributed by atoms with Crippen molar-refractivity contribution >= 4 is 11.8 Å². The Morgan fingerprint density at radius 1 is 1.12 bits per heavy atom. The Morgan fingerprint density at radius 3 is 2.42 bits per heavy atom. The molecule has 0 radical (unpaired) electrons. The van der Waals surface area contributed by atoms with E-state index < -0.39 is 11.7 Å². The minimum atomic E-state index is -4.42. The smallest absolute Gasteiger partial charge is 0.368 e. The summed E-state index contributed by atoms with van der Waals surface area (Å²) < 4.78 is 43.7. The van der Waals surface area contributed by atoms with E-state index in [-0.39, 0.29) is 24.3 Å². The Hall–Kier alpha value is -2.09. The minimum Gasteiger partial charge on any atom is -0.368 e. The van der Waals surface area contributed by atoms with Gasteiger partial charge in [0.25, 0.3) is 5.91 Å². The van der Waals surface area contributed by atoms with Crippen LogP contribution in [-0.2, 0) is 26.9 Å². The molecule has 1 aromatic rings. The molecule has 2 aliphatic heterocycles. The van der Waals surface area contributed by atoms with Crippen molar-refractivity contribution in [3.05, 3.63) is 35.4 Å². The zero-order valence-electron chi connectivity index (χ0n) is 14.3. The number of amides is 2. The maximum absolute atomic E-state index is 12.8. The van der Waals surface area contributed by atoms with Crippen LogP contribution in [0.3, 0.4) is 0 Å². The van der Waals surface area contributed by atoms with E-state index in [1.807, 2.05) is 0 Å². The van der Waals surface area contributed by atoms with Crippen LogP contribution in [-0.4, -0.2) is 60.5 Å². The Morgan fingerprint density at radius 2 is 1.81 bits per heavy atom. The molecule has 0 aliphatic carbocycles. The third-order valence-electron chi connectivity index (χ3n) is 4.76. The van der Waals surface area contributed by atoms with Crippen molar-refractivity contribution in [3.8, 4) is 0 Å². The second-order valence-corrected chi connectivity index (χ2v) is 6.58. The molecule has 2 aliphatic rings. The lowest BCUT2D eigenvalue weighted by molar-refractivity contribution is -0.145. The number of hydrogen-bond acceptors (Lipinski definition) is 3. The summed E-state index contributed by atoms with van der Waals surface area (Å²) in [6.07, 6.45) is -3.27. The fourth-order valence-electron chi connectivity index (χ4n) is 3.30. The molecule has 2 amide bonds. The van der Waals surface area contributed by atoms with Crippen molar-refractivity contribution in [2.24, 2.45) is 0 Å². The number of benzene rings is 1. The molecule has 2 fully saturated rings. The SMILES string of the molecule is O=C(Cc1cccc(C(F)(F)F)c1)N1CCN(C(=O)[C@H]2CCCO2)CC1. The predicted molar refractivity (Wildman–Crippen MR) is 87.3 cm³/mol. The maximum atomic E-state index is 12.8. The summed E-state index contributed by atoms with van der Waals surface area (Å²) in [5.41, 5.74) is -0.419. The van der Waals surface area contributed by atoms with E-state index in [4.69, 9.17) is 4.74 Å². The van der Waals surface area contributed by atoms with Gasteiger partial charge in [0.05, 0.1) is 12.0 Å². The molecule has 0 spiro atoms. The number of halogens is 3. The predicted octanol–water partition coefficient (Wildman–Crippen LogP) is 2.10. The molecule has 142 valence electrons. The number of piperazine rings is 1. The molecule has 8 heteroatoms. The van der Waals surface area contributed by atoms with Crippen molar-refractivity contribution in [3.63, 3.8) is 0 Å². The highest BCUT2D eigenvalue weighted by atomic mass is 19.4. The number of nitrogens with zero attached hydrogens (tertiary/aromatic N) is 2. The summed E-state index contributed by atoms with van der Waals surface area (Å²) in [5, 5.41) is 0. The van der Waals surface area contributed by atoms with Gasteiger partial charge in [0.15, 0.2) is 0 Å². The van der Waals surface area contributed by atoms with Crippen molar-refractivity contribution in [2.75, 3.05) is 32.8 Å². The Balaban J connectivity index is 1.53. The number of rotatable bonds is 3. The number of ether oxygens (including phenoxy) is 1. The Kier molecular flexibility index (Phi) is 5.50. The van der Waals surface area contributed by atoms with E-state index in [0.717, 1.165) is 25.0 Å². The average molecular weight is 370 g/mol. The van der Waals surface area contributed by atoms with Gasteiger partial charge in [-0.25, -0.2) is 0 Å². The topological polar surface area (TPSA) is 49.9 Å². The zero-order chi connectivity index (χ0) is 18.7. The first-order valence-electron chi connectivity index (χ1n) is 8.69. The molecule has 5 nitrogen and oxygen atoms in total. The van der Waals surface area contributed by atoms with E-state index in [9.17, 15) is 22.8 Å². The fraction of sp³-hybridized carbons (Fsp3) is 0.556. The van der Waals surface area contributed by atoms with Crippen LogP contribution in [0, 0.1) is 0 Å². The molecule has 2 heterocycles. The number of hydrogen-bond donors (Lipinski definition) is 0. The molecule has 0 aromatic heterocycles. The van der Waals surface area contributed by atoms with Crippen LogP contribution in [0.1, 0.15) is 24.0 Å². The van der Waals surface area contributed by atoms with E-state index in [1.165, 1.54) is 12.1 Å². The summed E-state index contributed by atoms with van der Waals surface area (Å²) in [4.78, 5) is 28.0. The molecule has 26 heavy (non-hydrogen) atoms. The average Bonchev–Trinajstić information content (AvgIpc) is 3.15. The second kappa shape index (κ2) is 7.65. The molecule has 3 rings (SSSR count). The maximum Gasteiger partial charge on any atom is 0.416 e. The summed E-state index contributed by atoms with van der Waals surface area (Å²) >= 11 is 0. The molecular weight excluding hydrogens is 349 g/mol. The van der Waals surface area contributed by atoms with Crippen LogP contribution in [0.15, 0.2) is 24.3 Å². The third kappa shape index (κ3) is 4.35. The Bertz CT molecular complexity index is 664. The fourth-order valence-corrected chi connectivity index (χ4v) is 3.30. The summed E-state index contributed by atoms with van der Waals surface area (Å²) in [6.45, 7) is 2.22. The van der Waals surface area contributed by atoms with Crippen LogP contribution in [0.5, 0.6) is 0 Å². The van der Waals surface area contributed by atoms with Crippen LogP contribution in [0.25, 0.3) is 0 Å². The summed E-state index contributed by atoms with van der Waals surface area (Å²) in [5.74, 6) is -0.263. The lowest BCUT2D eigenvalue weighted by atomic mass is 10.1. The van der Waals surface area contributed by atoms with Crippen LogP contribution in [0.2, 0.25) is 0 Å². The first-order chi connectivity index (χ1) is 12.3. The van der Waals surface area contributed by atoms with Crippen molar-refractivity contribution in [1.82, 2.24) is 9.80 Å². The van der Waals surface area contributed by atoms with Gasteiger partial charge in [0.1, 0.15) is 6.10 Å². The van der Waals surface area contributed by atoms with Gasteiger partial charge in [-0.05, 0) is 24.5 Å². The van der Waals surface area contributed by atoms with Gasteiger partial charge in [-0.15, -0.1) is 0 Å². The van der Waals surface area contributed by atoms with Crippen molar-refractivity contribution in [1.29, 1.82) is 0 Å². The van der Waals surface area contributed by atoms with Crippen molar-refractivity contribution < 1.29 is 27.5 Å². The molecule has 0 N–H and O–H groups in total. The number of carbonyl (C=O) groups excluding carboxylic acids is 2. The highest BCUT2D eigenvalue weighted by Gasteiger charge is 2.32. The Labute approximate surface area is 149 Å². The van der Waals surface area contributed by atoms with Crippen LogP contribution >= 0.6 is 0 Å². The summed E-state index contributed by atoms with van der Waals surface area (Å²) in [7, 11) is 0. The first-order valence-corrected chi connectivity index (χ1v) is 8.69. The highest BCUT2D eigenvalue weighted by molar-refractivity contribution is 5.82. The van der Waals surface area contributed by atoms with Gasteiger partial charge in [-0.2, -0.15) is 13.2 Å². The quantitative estimate of drug-likeness (QED) is 0.819. The lowest BCUT2D eigenvalue weighted by Crippen LogP contribution is -2.53. The van der Waals surface area contributed by atoms with E-state index in [2.05, 4.69) is 0 Å². The molecule has 0 unspecified atom stereocenters. The summed E-state index contributed by atoms with van der Waals surface area (Å²) in [6, 6.07) is 4.83. The van der Waals surface area contributed by atoms with Gasteiger partial charge >= 0.3 is 6.18 Å². The molecule has 1 aromatic carbocycles. The molecule has 0 saturated carbocycles. The molecule has 1 atom stereocenters. The standard InChI is InChI=1S/C18H21F3N2O3/c19-18(20,21)14-4-1-3-13(11-14)12-16(24)22-6-8-23(9-7-22)17(25)15-5-2-10-26-15/h1,3-4,11,15H,2,5-10,12H2/t15-/m1/s1. The van der Waals surface area contributed by atoms with Gasteiger partial charge in [0, 0.05) is 32.8 Å². The molecule has 2 saturated heterocycles. The van der Waals surface area contributed by atoms with E-state index >= 15 is 0 Å². The van der Waals surface area contributed by atoms with Gasteiger partial charge < -0.3 is 14.5 Å². The number of carbonyl (C=O) groups is 2. The normalized spacial score (nSPS) is 21.1. The van der Waals surface area contributed by atoms with E-state index in [1.54, 1.807) is 9.80 Å². The molecule has 0 bridgehead atoms. The minimum absolute atomic E-state index is 0.0347. The van der Waals surface area contributed by atoms with Gasteiger partial charge in [-0.1, -0.05) is 18.2 Å². The third-order valence-corrected chi connectivity index (χ3v) is 4.76. The number of alkyl halides is 3. The lowest BCUT2D eigenvalue weighted by Gasteiger charge is -2.35. The van der Waals surface area contributed by atoms with Crippen LogP contribution < -0.4 is 0 Å². The first kappa shape index (κ1) is 18.7. The largest absolute Gasteiger partial charge is 0.416 e. The van der Waals surface area contributed by atoms with Gasteiger partial charge in [-0.3, -0.25) is 9.59 Å².